The summed E-state index contributed by atoms with van der Waals surface area (Å²) in [7, 11) is 4.77. The van der Waals surface area contributed by atoms with E-state index in [2.05, 4.69) is 0 Å². The monoisotopic (exact) mass is 328 g/mol. The molecule has 0 aliphatic rings. The molecule has 13 heavy (non-hydrogen) atoms. The van der Waals surface area contributed by atoms with Crippen molar-refractivity contribution in [3.63, 3.8) is 0 Å². The number of halogens is 4. The van der Waals surface area contributed by atoms with Crippen molar-refractivity contribution in [2.75, 3.05) is 0 Å². The first-order valence-electron chi connectivity index (χ1n) is 2.35. The average Bonchev–Trinajstić information content (AvgIpc) is 1.88. The Hall–Kier alpha value is -0.181. The predicted molar refractivity (Wildman–Crippen MR) is 34.7 cm³/mol. The molecule has 0 unspecified atom stereocenters. The van der Waals surface area contributed by atoms with E-state index in [-0.39, 0.29) is 0 Å². The Bertz CT molecular complexity index is 156. The molecule has 4 nitrogen and oxygen atoms in total. The van der Waals surface area contributed by atoms with E-state index < -0.39 is 18.1 Å². The van der Waals surface area contributed by atoms with Gasteiger partial charge in [-0.05, 0) is 6.92 Å². The molecule has 0 amide bonds. The number of aliphatic carboxylic acids is 2. The third-order valence-electron chi connectivity index (χ3n) is 0.231. The summed E-state index contributed by atoms with van der Waals surface area (Å²) in [4.78, 5) is 17.7. The molecule has 0 aliphatic carbocycles. The molecule has 0 saturated heterocycles. The Morgan fingerprint density at radius 3 is 1.31 bits per heavy atom. The van der Waals surface area contributed by atoms with E-state index in [9.17, 15) is 13.2 Å². The van der Waals surface area contributed by atoms with Crippen LogP contribution in [0.2, 0.25) is 0 Å². The molecule has 0 heterocycles. The molecule has 0 bridgehead atoms. The van der Waals surface area contributed by atoms with Gasteiger partial charge >= 0.3 is 36.5 Å². The predicted octanol–water partition coefficient (Wildman–Crippen LogP) is -1.90. The Morgan fingerprint density at radius 2 is 1.31 bits per heavy atom. The van der Waals surface area contributed by atoms with Crippen molar-refractivity contribution >= 4 is 42.3 Å². The van der Waals surface area contributed by atoms with Gasteiger partial charge in [0.05, 0.1) is 0 Å². The van der Waals surface area contributed by atoms with Crippen molar-refractivity contribution in [2.24, 2.45) is 0 Å². The first kappa shape index (κ1) is 18.6. The van der Waals surface area contributed by atoms with Crippen LogP contribution in [0.5, 0.6) is 0 Å². The standard InChI is InChI=1S/C2HF3O2.C2H4O2.ClH.Sn.H/c3-2(4,5)1(6)7;1-2(3)4;;;/h(H,6,7);1H3,(H,3,4);1H;;/q;;;+3;/p-3. The molecule has 0 aromatic heterocycles. The van der Waals surface area contributed by atoms with Crippen molar-refractivity contribution in [3.8, 4) is 0 Å². The van der Waals surface area contributed by atoms with E-state index in [1.54, 1.807) is 0 Å². The minimum atomic E-state index is -5.19. The van der Waals surface area contributed by atoms with E-state index in [4.69, 9.17) is 28.7 Å². The van der Waals surface area contributed by atoms with Gasteiger partial charge in [-0.2, -0.15) is 13.2 Å². The molecule has 76 valence electrons. The number of hydrogen-bond donors (Lipinski definition) is 0. The van der Waals surface area contributed by atoms with Gasteiger partial charge < -0.3 is 19.8 Å². The van der Waals surface area contributed by atoms with E-state index in [0.29, 0.717) is 0 Å². The van der Waals surface area contributed by atoms with Gasteiger partial charge in [0, 0.05) is 5.97 Å². The van der Waals surface area contributed by atoms with E-state index >= 15 is 0 Å². The summed E-state index contributed by atoms with van der Waals surface area (Å²) >= 11 is 0.822. The van der Waals surface area contributed by atoms with Crippen LogP contribution in [0, 0.1) is 0 Å². The molecule has 0 atom stereocenters. The normalized spacial score (nSPS) is 8.31. The van der Waals surface area contributed by atoms with Crippen LogP contribution in [-0.2, 0) is 9.59 Å². The van der Waals surface area contributed by atoms with Crippen LogP contribution >= 0.6 is 8.92 Å². The summed E-state index contributed by atoms with van der Waals surface area (Å²) in [6, 6.07) is 0. The Labute approximate surface area is 88.5 Å². The average molecular weight is 327 g/mol. The first-order valence-corrected chi connectivity index (χ1v) is 6.52. The third kappa shape index (κ3) is 33.7. The Kier molecular flexibility index (Phi) is 14.1. The van der Waals surface area contributed by atoms with Crippen molar-refractivity contribution in [2.45, 2.75) is 13.1 Å². The van der Waals surface area contributed by atoms with Crippen molar-refractivity contribution < 1.29 is 33.0 Å². The van der Waals surface area contributed by atoms with Crippen molar-refractivity contribution in [3.05, 3.63) is 0 Å². The molecule has 0 rings (SSSR count). The zero-order valence-corrected chi connectivity index (χ0v) is 10.3. The molecule has 0 fully saturated rings. The van der Waals surface area contributed by atoms with Gasteiger partial charge in [0.25, 0.3) is 0 Å². The van der Waals surface area contributed by atoms with Crippen LogP contribution in [0.4, 0.5) is 13.2 Å². The van der Waals surface area contributed by atoms with Crippen LogP contribution in [-0.4, -0.2) is 39.5 Å². The van der Waals surface area contributed by atoms with E-state index in [1.807, 2.05) is 0 Å². The maximum atomic E-state index is 10.5. The van der Waals surface area contributed by atoms with Gasteiger partial charge in [-0.3, -0.25) is 0 Å². The van der Waals surface area contributed by atoms with Gasteiger partial charge in [0.1, 0.15) is 5.97 Å². The molecule has 0 spiro atoms. The summed E-state index contributed by atoms with van der Waals surface area (Å²) < 4.78 is 31.5. The number of carbonyl (C=O) groups excluding carboxylic acids is 2. The van der Waals surface area contributed by atoms with Crippen LogP contribution in [0.15, 0.2) is 0 Å². The fourth-order valence-corrected chi connectivity index (χ4v) is 0. The van der Waals surface area contributed by atoms with E-state index in [1.165, 1.54) is 0 Å². The number of alkyl halides is 3. The van der Waals surface area contributed by atoms with E-state index in [0.717, 1.165) is 28.3 Å². The van der Waals surface area contributed by atoms with Crippen LogP contribution in [0.25, 0.3) is 0 Å². The van der Waals surface area contributed by atoms with Gasteiger partial charge in [-0.15, -0.1) is 0 Å². The van der Waals surface area contributed by atoms with Crippen molar-refractivity contribution in [1.29, 1.82) is 0 Å². The van der Waals surface area contributed by atoms with Gasteiger partial charge in [-0.25, -0.2) is 0 Å². The second-order valence-electron chi connectivity index (χ2n) is 1.28. The van der Waals surface area contributed by atoms with Gasteiger partial charge in [-0.1, -0.05) is 0 Å². The summed E-state index contributed by atoms with van der Waals surface area (Å²) in [5.74, 6) is -4.09. The topological polar surface area (TPSA) is 80.3 Å². The van der Waals surface area contributed by atoms with Crippen LogP contribution in [0.1, 0.15) is 6.92 Å². The Balaban J connectivity index is -0.000000142. The fraction of sp³-hybridized carbons (Fsp3) is 0.500. The van der Waals surface area contributed by atoms with Gasteiger partial charge in [0.2, 0.25) is 0 Å². The molecule has 0 aromatic carbocycles. The van der Waals surface area contributed by atoms with Crippen LogP contribution < -0.4 is 10.2 Å². The molecule has 0 aliphatic heterocycles. The molecule has 9 heteroatoms. The number of carboxylic acids is 2. The summed E-state index contributed by atoms with van der Waals surface area (Å²) in [5.41, 5.74) is 0. The molecular weight excluding hydrogens is 323 g/mol. The van der Waals surface area contributed by atoms with Crippen molar-refractivity contribution in [1.82, 2.24) is 0 Å². The van der Waals surface area contributed by atoms with Gasteiger partial charge in [0.15, 0.2) is 0 Å². The SMILES string of the molecule is CC(=O)[O-].O=C([O-])C(F)(F)F.[Cl][SnH+2]. The zero-order chi connectivity index (χ0) is 11.7. The zero-order valence-electron chi connectivity index (χ0n) is 6.22. The third-order valence-corrected chi connectivity index (χ3v) is 0.231. The maximum absolute atomic E-state index is 10.5. The minimum absolute atomic E-state index is 0.822. The number of carbonyl (C=O) groups is 2. The molecule has 0 N–H and O–H groups in total. The quantitative estimate of drug-likeness (QED) is 0.487. The van der Waals surface area contributed by atoms with Crippen LogP contribution in [0.3, 0.4) is 0 Å². The fourth-order valence-electron chi connectivity index (χ4n) is 0. The number of hydrogen-bond acceptors (Lipinski definition) is 4. The summed E-state index contributed by atoms with van der Waals surface area (Å²) in [5, 5.41) is 17.7. The number of carboxylic acid groups (broad SMARTS) is 2. The molecule has 0 radical (unpaired) electrons. The second-order valence-corrected chi connectivity index (χ2v) is 1.28. The molecular formula is C4H4ClF3O4Sn. The summed E-state index contributed by atoms with van der Waals surface area (Å²) in [6.45, 7) is 0.972. The summed E-state index contributed by atoms with van der Waals surface area (Å²) in [6.07, 6.45) is -5.19. The molecule has 0 saturated carbocycles. The number of rotatable bonds is 0. The second kappa shape index (κ2) is 9.90. The Morgan fingerprint density at radius 1 is 1.23 bits per heavy atom. The first-order chi connectivity index (χ1) is 5.68. The molecule has 0 aromatic rings.